The highest BCUT2D eigenvalue weighted by atomic mass is 16.6. The number of esters is 2. The first-order chi connectivity index (χ1) is 38.8. The Bertz CT molecular complexity index is 3350. The number of nitrogens with one attached hydrogen (secondary N) is 1. The van der Waals surface area contributed by atoms with Crippen LogP contribution >= 0.6 is 0 Å². The molecule has 4 heterocycles. The van der Waals surface area contributed by atoms with E-state index >= 15 is 19.2 Å². The van der Waals surface area contributed by atoms with Crippen LogP contribution in [-0.2, 0) is 53.6 Å². The number of hydrogen-bond acceptors (Lipinski definition) is 13. The van der Waals surface area contributed by atoms with Gasteiger partial charge in [0.05, 0.1) is 58.2 Å². The highest BCUT2D eigenvalue weighted by molar-refractivity contribution is 6.25. The van der Waals surface area contributed by atoms with Crippen molar-refractivity contribution in [1.82, 2.24) is 20.0 Å². The Labute approximate surface area is 466 Å². The van der Waals surface area contributed by atoms with Crippen LogP contribution in [0.4, 0.5) is 10.5 Å². The van der Waals surface area contributed by atoms with Gasteiger partial charge in [-0.05, 0) is 101 Å². The van der Waals surface area contributed by atoms with Crippen LogP contribution in [0.15, 0.2) is 146 Å². The quantitative estimate of drug-likeness (QED) is 0.0756. The van der Waals surface area contributed by atoms with Crippen molar-refractivity contribution in [3.05, 3.63) is 190 Å². The van der Waals surface area contributed by atoms with Crippen LogP contribution < -0.4 is 24.4 Å². The predicted octanol–water partition coefficient (Wildman–Crippen LogP) is 7.72. The third kappa shape index (κ3) is 10.1. The van der Waals surface area contributed by atoms with Crippen molar-refractivity contribution in [2.24, 2.45) is 11.8 Å². The second-order valence-electron chi connectivity index (χ2n) is 20.9. The minimum atomic E-state index is -2.14. The van der Waals surface area contributed by atoms with Crippen molar-refractivity contribution in [2.75, 3.05) is 59.6 Å². The number of amides is 4. The van der Waals surface area contributed by atoms with Crippen molar-refractivity contribution in [3.63, 3.8) is 0 Å². The molecule has 0 bridgehead atoms. The molecule has 16 heteroatoms. The van der Waals surface area contributed by atoms with Gasteiger partial charge >= 0.3 is 18.0 Å². The number of carbonyl (C=O) groups excluding carboxylic acids is 5. The van der Waals surface area contributed by atoms with E-state index in [0.717, 1.165) is 27.2 Å². The van der Waals surface area contributed by atoms with Crippen molar-refractivity contribution in [3.8, 4) is 29.1 Å². The summed E-state index contributed by atoms with van der Waals surface area (Å²) in [5, 5.41) is 12.8. The SMILES string of the molecule is COC(=O)[C@@H](NC(=O)N1C(=O)[C@@]2(c3cc(C#CCN(C)Cc4ccccc4)ccc31)[C@H](c1cccc(OCCO)c1)N1[C@H](c3ccccc3)[C@H](c3ccccc3)OC(=O)[C@H]1[C@@H]2C(=O)N1CCc2cc(OC)c(OC)cc2C1)C(C)C. The van der Waals surface area contributed by atoms with E-state index in [0.29, 0.717) is 53.4 Å². The van der Waals surface area contributed by atoms with Gasteiger partial charge in [0.15, 0.2) is 11.5 Å². The van der Waals surface area contributed by atoms with Crippen LogP contribution in [-0.4, -0.2) is 116 Å². The number of methoxy groups -OCH3 is 3. The molecule has 6 aromatic rings. The first-order valence-electron chi connectivity index (χ1n) is 26.9. The zero-order chi connectivity index (χ0) is 56.2. The molecule has 0 aliphatic carbocycles. The Kier molecular flexibility index (Phi) is 16.1. The summed E-state index contributed by atoms with van der Waals surface area (Å²) in [5.41, 5.74) is 3.44. The molecule has 1 spiro atoms. The maximum atomic E-state index is 17.1. The molecule has 0 unspecified atom stereocenters. The number of fused-ring (bicyclic) bond motifs is 4. The molecular weight excluding hydrogens is 1010 g/mol. The first-order valence-corrected chi connectivity index (χ1v) is 26.9. The number of aliphatic hydroxyl groups is 1. The number of nitrogens with zero attached hydrogens (tertiary/aromatic N) is 4. The fourth-order valence-electron chi connectivity index (χ4n) is 12.2. The van der Waals surface area contributed by atoms with Crippen LogP contribution in [0.2, 0.25) is 0 Å². The van der Waals surface area contributed by atoms with E-state index in [2.05, 4.69) is 22.1 Å². The topological polar surface area (TPSA) is 177 Å². The third-order valence-electron chi connectivity index (χ3n) is 15.8. The maximum absolute atomic E-state index is 17.1. The normalized spacial score (nSPS) is 21.4. The lowest BCUT2D eigenvalue weighted by atomic mass is 9.64. The molecule has 6 aromatic carbocycles. The number of ether oxygens (including phenoxy) is 5. The Hall–Kier alpha value is -8.49. The predicted molar refractivity (Wildman–Crippen MR) is 298 cm³/mol. The van der Waals surface area contributed by atoms with Gasteiger partial charge in [0.2, 0.25) is 11.8 Å². The molecule has 0 saturated carbocycles. The van der Waals surface area contributed by atoms with Crippen LogP contribution in [0.3, 0.4) is 0 Å². The summed E-state index contributed by atoms with van der Waals surface area (Å²) >= 11 is 0. The lowest BCUT2D eigenvalue weighted by molar-refractivity contribution is -0.179. The summed E-state index contributed by atoms with van der Waals surface area (Å²) in [7, 11) is 6.30. The average molecular weight is 1080 g/mol. The number of rotatable bonds is 15. The smallest absolute Gasteiger partial charge is 0.329 e. The summed E-state index contributed by atoms with van der Waals surface area (Å²) in [5.74, 6) is 3.13. The number of carbonyl (C=O) groups is 5. The molecule has 0 aromatic heterocycles. The molecule has 4 aliphatic heterocycles. The molecule has 16 nitrogen and oxygen atoms in total. The van der Waals surface area contributed by atoms with E-state index < -0.39 is 77.3 Å². The average Bonchev–Trinajstić information content (AvgIpc) is 4.16. The molecular formula is C64H65N5O11. The van der Waals surface area contributed by atoms with Gasteiger partial charge in [0.25, 0.3) is 0 Å². The Balaban J connectivity index is 1.25. The number of urea groups is 1. The molecule has 412 valence electrons. The molecule has 0 radical (unpaired) electrons. The van der Waals surface area contributed by atoms with Gasteiger partial charge in [-0.3, -0.25) is 24.2 Å². The van der Waals surface area contributed by atoms with Crippen LogP contribution in [0, 0.1) is 23.7 Å². The van der Waals surface area contributed by atoms with E-state index in [-0.39, 0.29) is 37.6 Å². The van der Waals surface area contributed by atoms with Crippen LogP contribution in [0.25, 0.3) is 0 Å². The number of aliphatic hydroxyl groups excluding tert-OH is 1. The zero-order valence-electron chi connectivity index (χ0n) is 45.7. The largest absolute Gasteiger partial charge is 0.493 e. The summed E-state index contributed by atoms with van der Waals surface area (Å²) in [6.45, 7) is 4.44. The van der Waals surface area contributed by atoms with Gasteiger partial charge in [-0.2, -0.15) is 0 Å². The van der Waals surface area contributed by atoms with E-state index in [1.165, 1.54) is 7.11 Å². The second kappa shape index (κ2) is 23.5. The van der Waals surface area contributed by atoms with E-state index in [1.54, 1.807) is 69.4 Å². The molecule has 4 amide bonds. The fraction of sp³-hybridized carbons (Fsp3) is 0.328. The third-order valence-corrected chi connectivity index (χ3v) is 15.8. The number of benzene rings is 6. The van der Waals surface area contributed by atoms with Gasteiger partial charge in [0, 0.05) is 25.2 Å². The van der Waals surface area contributed by atoms with Crippen LogP contribution in [0.1, 0.15) is 76.5 Å². The standard InChI is InChI=1S/C64H65N5O11/c1-40(2)54(60(72)78-6)65-63(75)68-50-28-27-41(20-17-30-66(3)38-42-18-10-7-11-19-42)34-49(50)64(62(68)74)53(59(71)67-31-29-45-36-51(76-4)52(77-5)37-47(45)39-67)56-61(73)80-57(44-23-14-9-15-24-44)55(43-21-12-8-13-22-43)69(56)58(64)46-25-16-26-48(35-46)79-33-32-70/h7-16,18-19,21-28,34-37,40,53-58,70H,29-33,38-39H2,1-6H3,(H,65,75)/t53-,54+,55-,56-,57+,58+,64-/m1/s1. The van der Waals surface area contributed by atoms with Gasteiger partial charge in [-0.25, -0.2) is 14.5 Å². The molecule has 2 saturated heterocycles. The molecule has 4 aliphatic rings. The van der Waals surface area contributed by atoms with Gasteiger partial charge in [0.1, 0.15) is 36.0 Å². The Morgan fingerprint density at radius 2 is 1.46 bits per heavy atom. The van der Waals surface area contributed by atoms with Gasteiger partial charge in [-0.15, -0.1) is 0 Å². The van der Waals surface area contributed by atoms with Gasteiger partial charge in [-0.1, -0.05) is 129 Å². The molecule has 7 atom stereocenters. The van der Waals surface area contributed by atoms with Crippen molar-refractivity contribution in [2.45, 2.75) is 69.0 Å². The van der Waals surface area contributed by atoms with Gasteiger partial charge < -0.3 is 39.0 Å². The highest BCUT2D eigenvalue weighted by Gasteiger charge is 2.76. The zero-order valence-corrected chi connectivity index (χ0v) is 45.7. The summed E-state index contributed by atoms with van der Waals surface area (Å²) in [6, 6.07) is 39.2. The second-order valence-corrected chi connectivity index (χ2v) is 20.9. The Morgan fingerprint density at radius 1 is 0.800 bits per heavy atom. The number of imide groups is 1. The number of hydrogen-bond donors (Lipinski definition) is 2. The minimum absolute atomic E-state index is 0.0512. The molecule has 2 fully saturated rings. The number of morpholine rings is 1. The monoisotopic (exact) mass is 1080 g/mol. The van der Waals surface area contributed by atoms with Crippen molar-refractivity contribution in [1.29, 1.82) is 0 Å². The number of anilines is 1. The molecule has 10 rings (SSSR count). The summed E-state index contributed by atoms with van der Waals surface area (Å²) in [6.07, 6.45) is -0.570. The Morgan fingerprint density at radius 3 is 2.12 bits per heavy atom. The summed E-state index contributed by atoms with van der Waals surface area (Å²) < 4.78 is 29.4. The summed E-state index contributed by atoms with van der Waals surface area (Å²) in [4.78, 5) is 85.3. The van der Waals surface area contributed by atoms with E-state index in [4.69, 9.17) is 23.7 Å². The minimum Gasteiger partial charge on any atom is -0.493 e. The maximum Gasteiger partial charge on any atom is 0.329 e. The van der Waals surface area contributed by atoms with Crippen LogP contribution in [0.5, 0.6) is 17.2 Å². The molecule has 2 N–H and O–H groups in total. The van der Waals surface area contributed by atoms with E-state index in [9.17, 15) is 9.90 Å². The highest BCUT2D eigenvalue weighted by Crippen LogP contribution is 2.66. The first kappa shape index (κ1) is 54.8. The van der Waals surface area contributed by atoms with E-state index in [1.807, 2.05) is 121 Å². The lowest BCUT2D eigenvalue weighted by Gasteiger charge is -2.46. The van der Waals surface area contributed by atoms with Crippen molar-refractivity contribution < 1.29 is 52.8 Å². The van der Waals surface area contributed by atoms with Crippen molar-refractivity contribution >= 4 is 35.5 Å². The lowest BCUT2D eigenvalue weighted by Crippen LogP contribution is -2.58. The number of cyclic esters (lactones) is 1. The fourth-order valence-corrected chi connectivity index (χ4v) is 12.2. The molecule has 80 heavy (non-hydrogen) atoms.